The smallest absolute Gasteiger partial charge is 0.322 e. The lowest BCUT2D eigenvalue weighted by atomic mass is 10.0. The summed E-state index contributed by atoms with van der Waals surface area (Å²) in [4.78, 5) is 32.3. The van der Waals surface area contributed by atoms with Crippen LogP contribution in [0.1, 0.15) is 28.5 Å². The van der Waals surface area contributed by atoms with Gasteiger partial charge in [0.05, 0.1) is 0 Å². The number of alkyl halides is 3. The average Bonchev–Trinajstić information content (AvgIpc) is 2.79. The Morgan fingerprint density at radius 2 is 1.85 bits per heavy atom. The zero-order valence-corrected chi connectivity index (χ0v) is 17.8. The van der Waals surface area contributed by atoms with Crippen LogP contribution in [-0.2, 0) is 12.7 Å². The van der Waals surface area contributed by atoms with Gasteiger partial charge in [0.1, 0.15) is 11.3 Å². The molecule has 0 fully saturated rings. The third kappa shape index (κ3) is 4.48. The molecule has 0 unspecified atom stereocenters. The van der Waals surface area contributed by atoms with Crippen LogP contribution in [0.4, 0.5) is 18.9 Å². The normalized spacial score (nSPS) is 11.5. The van der Waals surface area contributed by atoms with E-state index in [1.807, 2.05) is 19.9 Å². The Balaban J connectivity index is 1.67. The van der Waals surface area contributed by atoms with Gasteiger partial charge in [-0.25, -0.2) is 4.98 Å². The van der Waals surface area contributed by atoms with E-state index < -0.39 is 17.8 Å². The standard InChI is InChI=1S/C24H19F3N4O2/c1-3-31-21(32)7-5-15-10-17(13-29-22(15)31)19-12-18(6-4-14(19)2)30-23(33)16-8-9-28-20(11-16)24(25,26)27/h4-13H,3H2,1-2H3,(H,30,33). The predicted octanol–water partition coefficient (Wildman–Crippen LogP) is 5.06. The highest BCUT2D eigenvalue weighted by Gasteiger charge is 2.33. The van der Waals surface area contributed by atoms with Crippen molar-refractivity contribution in [2.45, 2.75) is 26.6 Å². The highest BCUT2D eigenvalue weighted by atomic mass is 19.4. The van der Waals surface area contributed by atoms with E-state index in [1.165, 1.54) is 12.1 Å². The van der Waals surface area contributed by atoms with Crippen molar-refractivity contribution in [3.63, 3.8) is 0 Å². The number of aromatic nitrogens is 3. The summed E-state index contributed by atoms with van der Waals surface area (Å²) >= 11 is 0. The lowest BCUT2D eigenvalue weighted by molar-refractivity contribution is -0.141. The molecule has 0 aliphatic carbocycles. The number of rotatable bonds is 4. The first-order chi connectivity index (χ1) is 15.7. The van der Waals surface area contributed by atoms with Gasteiger partial charge in [-0.1, -0.05) is 6.07 Å². The van der Waals surface area contributed by atoms with E-state index >= 15 is 0 Å². The molecule has 1 amide bonds. The third-order valence-corrected chi connectivity index (χ3v) is 5.26. The Kier molecular flexibility index (Phi) is 5.71. The monoisotopic (exact) mass is 452 g/mol. The van der Waals surface area contributed by atoms with Crippen LogP contribution in [0.2, 0.25) is 0 Å². The van der Waals surface area contributed by atoms with Gasteiger partial charge in [-0.15, -0.1) is 0 Å². The van der Waals surface area contributed by atoms with Crippen molar-refractivity contribution in [2.24, 2.45) is 0 Å². The molecule has 6 nitrogen and oxygen atoms in total. The number of carbonyl (C=O) groups is 1. The van der Waals surface area contributed by atoms with Crippen LogP contribution in [0.25, 0.3) is 22.2 Å². The molecular formula is C24H19F3N4O2. The summed E-state index contributed by atoms with van der Waals surface area (Å²) in [5.74, 6) is -0.679. The second-order valence-corrected chi connectivity index (χ2v) is 7.46. The Morgan fingerprint density at radius 1 is 1.06 bits per heavy atom. The summed E-state index contributed by atoms with van der Waals surface area (Å²) in [6, 6.07) is 12.2. The molecule has 33 heavy (non-hydrogen) atoms. The number of benzene rings is 1. The summed E-state index contributed by atoms with van der Waals surface area (Å²) < 4.78 is 40.3. The average molecular weight is 452 g/mol. The first kappa shape index (κ1) is 22.2. The van der Waals surface area contributed by atoms with E-state index in [0.717, 1.165) is 28.3 Å². The Hall–Kier alpha value is -4.01. The first-order valence-electron chi connectivity index (χ1n) is 10.1. The maximum atomic E-state index is 12.9. The fourth-order valence-corrected chi connectivity index (χ4v) is 3.57. The van der Waals surface area contributed by atoms with Crippen LogP contribution in [0.3, 0.4) is 0 Å². The number of nitrogens with zero attached hydrogens (tertiary/aromatic N) is 3. The molecule has 0 aliphatic heterocycles. The number of fused-ring (bicyclic) bond motifs is 1. The van der Waals surface area contributed by atoms with Gasteiger partial charge >= 0.3 is 6.18 Å². The van der Waals surface area contributed by atoms with E-state index in [0.29, 0.717) is 23.9 Å². The molecule has 168 valence electrons. The van der Waals surface area contributed by atoms with Gasteiger partial charge in [-0.3, -0.25) is 19.1 Å². The minimum absolute atomic E-state index is 0.129. The van der Waals surface area contributed by atoms with Gasteiger partial charge in [0.15, 0.2) is 0 Å². The number of pyridine rings is 3. The third-order valence-electron chi connectivity index (χ3n) is 5.26. The molecule has 0 saturated carbocycles. The zero-order valence-electron chi connectivity index (χ0n) is 17.8. The lowest BCUT2D eigenvalue weighted by Gasteiger charge is -2.13. The second kappa shape index (κ2) is 8.50. The number of aryl methyl sites for hydroxylation is 2. The Labute approximate surface area is 186 Å². The molecule has 0 spiro atoms. The zero-order chi connectivity index (χ0) is 23.8. The van der Waals surface area contributed by atoms with Crippen LogP contribution < -0.4 is 10.9 Å². The van der Waals surface area contributed by atoms with Crippen LogP contribution in [0.5, 0.6) is 0 Å². The second-order valence-electron chi connectivity index (χ2n) is 7.46. The van der Waals surface area contributed by atoms with Crippen molar-refractivity contribution < 1.29 is 18.0 Å². The van der Waals surface area contributed by atoms with Gasteiger partial charge in [-0.05, 0) is 61.4 Å². The number of amides is 1. The lowest BCUT2D eigenvalue weighted by Crippen LogP contribution is -2.18. The van der Waals surface area contributed by atoms with Crippen molar-refractivity contribution in [1.82, 2.24) is 14.5 Å². The molecule has 3 aromatic heterocycles. The summed E-state index contributed by atoms with van der Waals surface area (Å²) in [5.41, 5.74) is 2.08. The van der Waals surface area contributed by atoms with Crippen LogP contribution in [0.15, 0.2) is 65.7 Å². The Bertz CT molecular complexity index is 1430. The van der Waals surface area contributed by atoms with E-state index in [4.69, 9.17) is 0 Å². The number of hydrogen-bond acceptors (Lipinski definition) is 4. The molecule has 1 aromatic carbocycles. The molecule has 9 heteroatoms. The minimum Gasteiger partial charge on any atom is -0.322 e. The minimum atomic E-state index is -4.64. The van der Waals surface area contributed by atoms with Crippen molar-refractivity contribution in [1.29, 1.82) is 0 Å². The van der Waals surface area contributed by atoms with E-state index in [9.17, 15) is 22.8 Å². The molecule has 1 N–H and O–H groups in total. The van der Waals surface area contributed by atoms with E-state index in [2.05, 4.69) is 15.3 Å². The highest BCUT2D eigenvalue weighted by molar-refractivity contribution is 6.04. The number of anilines is 1. The van der Waals surface area contributed by atoms with E-state index in [-0.39, 0.29) is 11.1 Å². The van der Waals surface area contributed by atoms with Crippen LogP contribution >= 0.6 is 0 Å². The van der Waals surface area contributed by atoms with Gasteiger partial charge in [0, 0.05) is 47.2 Å². The fourth-order valence-electron chi connectivity index (χ4n) is 3.57. The molecule has 0 bridgehead atoms. The highest BCUT2D eigenvalue weighted by Crippen LogP contribution is 2.30. The summed E-state index contributed by atoms with van der Waals surface area (Å²) in [6.07, 6.45) is -2.03. The number of carbonyl (C=O) groups excluding carboxylic acids is 1. The quantitative estimate of drug-likeness (QED) is 0.470. The number of nitrogens with one attached hydrogen (secondary N) is 1. The van der Waals surface area contributed by atoms with Crippen LogP contribution in [0, 0.1) is 6.92 Å². The van der Waals surface area contributed by atoms with Crippen LogP contribution in [-0.4, -0.2) is 20.4 Å². The largest absolute Gasteiger partial charge is 0.433 e. The summed E-state index contributed by atoms with van der Waals surface area (Å²) in [6.45, 7) is 4.26. The van der Waals surface area contributed by atoms with Gasteiger partial charge in [0.2, 0.25) is 0 Å². The maximum absolute atomic E-state index is 12.9. The number of hydrogen-bond donors (Lipinski definition) is 1. The van der Waals surface area contributed by atoms with Crippen molar-refractivity contribution in [3.05, 3.63) is 88.1 Å². The maximum Gasteiger partial charge on any atom is 0.433 e. The van der Waals surface area contributed by atoms with Gasteiger partial charge in [-0.2, -0.15) is 13.2 Å². The van der Waals surface area contributed by atoms with E-state index in [1.54, 1.807) is 35.0 Å². The summed E-state index contributed by atoms with van der Waals surface area (Å²) in [7, 11) is 0. The first-order valence-corrected chi connectivity index (χ1v) is 10.1. The molecule has 3 heterocycles. The SMILES string of the molecule is CCn1c(=O)ccc2cc(-c3cc(NC(=O)c4ccnc(C(F)(F)F)c4)ccc3C)cnc21. The van der Waals surface area contributed by atoms with Crippen molar-refractivity contribution in [2.75, 3.05) is 5.32 Å². The molecular weight excluding hydrogens is 433 g/mol. The van der Waals surface area contributed by atoms with Gasteiger partial charge < -0.3 is 5.32 Å². The fraction of sp³-hybridized carbons (Fsp3) is 0.167. The molecule has 0 atom stereocenters. The van der Waals surface area contributed by atoms with Crippen molar-refractivity contribution in [3.8, 4) is 11.1 Å². The molecule has 0 saturated heterocycles. The van der Waals surface area contributed by atoms with Crippen molar-refractivity contribution >= 4 is 22.6 Å². The number of halogens is 3. The molecule has 4 rings (SSSR count). The molecule has 4 aromatic rings. The Morgan fingerprint density at radius 3 is 2.58 bits per heavy atom. The molecule has 0 aliphatic rings. The van der Waals surface area contributed by atoms with Gasteiger partial charge in [0.25, 0.3) is 11.5 Å². The topological polar surface area (TPSA) is 76.9 Å². The molecule has 0 radical (unpaired) electrons. The predicted molar refractivity (Wildman–Crippen MR) is 119 cm³/mol. The summed E-state index contributed by atoms with van der Waals surface area (Å²) in [5, 5.41) is 3.43.